The molecule has 0 amide bonds. The number of carboxylic acids is 1. The lowest BCUT2D eigenvalue weighted by Crippen LogP contribution is -2.49. The molecule has 110 valence electrons. The van der Waals surface area contributed by atoms with Crippen LogP contribution in [0.2, 0.25) is 0 Å². The lowest BCUT2D eigenvalue weighted by Gasteiger charge is -2.34. The molecule has 0 unspecified atom stereocenters. The molecule has 19 heavy (non-hydrogen) atoms. The Labute approximate surface area is 110 Å². The number of carbonyl (C=O) groups is 1. The van der Waals surface area contributed by atoms with Gasteiger partial charge in [-0.3, -0.25) is 9.80 Å². The molecular formula is C12H19F3N2O2. The van der Waals surface area contributed by atoms with Crippen molar-refractivity contribution in [2.24, 2.45) is 0 Å². The number of nitrogens with zero attached hydrogens (tertiary/aromatic N) is 2. The standard InChI is InChI=1S/C12H19F3N2O2/c1-2-10(11(18)19)3-4-16-5-7-17(8-6-16)9-12(13,14)15/h3H,2,4-9H2,1H3,(H,18,19). The SMILES string of the molecule is CCC(=CCN1CCN(CC(F)(F)F)CC1)C(=O)O. The van der Waals surface area contributed by atoms with Gasteiger partial charge in [0.1, 0.15) is 0 Å². The van der Waals surface area contributed by atoms with Crippen LogP contribution in [0.15, 0.2) is 11.6 Å². The van der Waals surface area contributed by atoms with E-state index in [1.165, 1.54) is 4.90 Å². The molecule has 1 aliphatic heterocycles. The highest BCUT2D eigenvalue weighted by atomic mass is 19.4. The van der Waals surface area contributed by atoms with E-state index in [1.807, 2.05) is 4.90 Å². The number of hydrogen-bond acceptors (Lipinski definition) is 3. The van der Waals surface area contributed by atoms with Crippen LogP contribution in [-0.4, -0.2) is 66.3 Å². The van der Waals surface area contributed by atoms with Gasteiger partial charge in [-0.2, -0.15) is 13.2 Å². The Bertz CT molecular complexity index is 334. The number of rotatable bonds is 5. The molecule has 0 atom stereocenters. The van der Waals surface area contributed by atoms with Crippen LogP contribution < -0.4 is 0 Å². The predicted molar refractivity (Wildman–Crippen MR) is 64.9 cm³/mol. The summed E-state index contributed by atoms with van der Waals surface area (Å²) in [5.74, 6) is -0.932. The second-order valence-corrected chi connectivity index (χ2v) is 4.58. The van der Waals surface area contributed by atoms with Crippen LogP contribution in [0.5, 0.6) is 0 Å². The van der Waals surface area contributed by atoms with Crippen molar-refractivity contribution in [1.82, 2.24) is 9.80 Å². The molecule has 1 N–H and O–H groups in total. The van der Waals surface area contributed by atoms with E-state index < -0.39 is 18.7 Å². The van der Waals surface area contributed by atoms with Crippen LogP contribution >= 0.6 is 0 Å². The fourth-order valence-corrected chi connectivity index (χ4v) is 2.01. The first-order chi connectivity index (χ1) is 8.81. The van der Waals surface area contributed by atoms with Gasteiger partial charge in [0.15, 0.2) is 0 Å². The van der Waals surface area contributed by atoms with Crippen molar-refractivity contribution < 1.29 is 23.1 Å². The van der Waals surface area contributed by atoms with Crippen molar-refractivity contribution in [3.8, 4) is 0 Å². The fourth-order valence-electron chi connectivity index (χ4n) is 2.01. The summed E-state index contributed by atoms with van der Waals surface area (Å²) in [5, 5.41) is 8.85. The summed E-state index contributed by atoms with van der Waals surface area (Å²) >= 11 is 0. The van der Waals surface area contributed by atoms with Gasteiger partial charge in [-0.15, -0.1) is 0 Å². The molecule has 1 rings (SSSR count). The van der Waals surface area contributed by atoms with E-state index in [1.54, 1.807) is 13.0 Å². The summed E-state index contributed by atoms with van der Waals surface area (Å²) in [6.45, 7) is 3.17. The van der Waals surface area contributed by atoms with Gasteiger partial charge in [-0.25, -0.2) is 4.79 Å². The van der Waals surface area contributed by atoms with Gasteiger partial charge in [-0.1, -0.05) is 13.0 Å². The van der Waals surface area contributed by atoms with Crippen LogP contribution in [0.25, 0.3) is 0 Å². The summed E-state index contributed by atoms with van der Waals surface area (Å²) in [5.41, 5.74) is 0.345. The van der Waals surface area contributed by atoms with E-state index in [-0.39, 0.29) is 0 Å². The third-order valence-electron chi connectivity index (χ3n) is 3.12. The molecular weight excluding hydrogens is 261 g/mol. The van der Waals surface area contributed by atoms with Gasteiger partial charge in [-0.05, 0) is 6.42 Å². The molecule has 0 spiro atoms. The molecule has 1 aliphatic rings. The highest BCUT2D eigenvalue weighted by Gasteiger charge is 2.31. The topological polar surface area (TPSA) is 43.8 Å². The van der Waals surface area contributed by atoms with Gasteiger partial charge in [0.05, 0.1) is 6.54 Å². The Morgan fingerprint density at radius 3 is 2.16 bits per heavy atom. The Morgan fingerprint density at radius 2 is 1.74 bits per heavy atom. The maximum absolute atomic E-state index is 12.2. The van der Waals surface area contributed by atoms with Gasteiger partial charge in [0, 0.05) is 38.3 Å². The van der Waals surface area contributed by atoms with E-state index in [4.69, 9.17) is 5.11 Å². The summed E-state index contributed by atoms with van der Waals surface area (Å²) < 4.78 is 36.6. The quantitative estimate of drug-likeness (QED) is 0.777. The minimum atomic E-state index is -4.15. The summed E-state index contributed by atoms with van der Waals surface area (Å²) in [4.78, 5) is 14.1. The highest BCUT2D eigenvalue weighted by molar-refractivity contribution is 5.86. The average molecular weight is 280 g/mol. The normalized spacial score (nSPS) is 19.7. The molecule has 7 heteroatoms. The van der Waals surface area contributed by atoms with Crippen molar-refractivity contribution >= 4 is 5.97 Å². The molecule has 0 aromatic rings. The zero-order valence-electron chi connectivity index (χ0n) is 10.9. The lowest BCUT2D eigenvalue weighted by molar-refractivity contribution is -0.149. The maximum atomic E-state index is 12.2. The van der Waals surface area contributed by atoms with Crippen LogP contribution in [0.4, 0.5) is 13.2 Å². The van der Waals surface area contributed by atoms with Crippen molar-refractivity contribution in [2.75, 3.05) is 39.3 Å². The number of carboxylic acid groups (broad SMARTS) is 1. The van der Waals surface area contributed by atoms with Crippen molar-refractivity contribution in [1.29, 1.82) is 0 Å². The summed E-state index contributed by atoms with van der Waals surface area (Å²) in [6.07, 6.45) is -2.06. The molecule has 0 aliphatic carbocycles. The lowest BCUT2D eigenvalue weighted by atomic mass is 10.2. The summed E-state index contributed by atoms with van der Waals surface area (Å²) in [6, 6.07) is 0. The number of halogens is 3. The third kappa shape index (κ3) is 6.07. The number of piperazine rings is 1. The molecule has 0 saturated carbocycles. The minimum absolute atomic E-state index is 0.345. The molecule has 0 bridgehead atoms. The zero-order valence-corrected chi connectivity index (χ0v) is 10.9. The highest BCUT2D eigenvalue weighted by Crippen LogP contribution is 2.17. The monoisotopic (exact) mass is 280 g/mol. The Balaban J connectivity index is 2.36. The van der Waals surface area contributed by atoms with Crippen LogP contribution in [-0.2, 0) is 4.79 Å². The first kappa shape index (κ1) is 16.0. The maximum Gasteiger partial charge on any atom is 0.401 e. The average Bonchev–Trinajstić information content (AvgIpc) is 2.29. The molecule has 1 fully saturated rings. The first-order valence-corrected chi connectivity index (χ1v) is 6.25. The molecule has 4 nitrogen and oxygen atoms in total. The van der Waals surface area contributed by atoms with Gasteiger partial charge in [0.2, 0.25) is 0 Å². The third-order valence-corrected chi connectivity index (χ3v) is 3.12. The Kier molecular flexibility index (Phi) is 5.81. The Hall–Kier alpha value is -1.08. The molecule has 0 aromatic heterocycles. The fraction of sp³-hybridized carbons (Fsp3) is 0.750. The van der Waals surface area contributed by atoms with Crippen LogP contribution in [0, 0.1) is 0 Å². The van der Waals surface area contributed by atoms with Gasteiger partial charge in [0.25, 0.3) is 0 Å². The van der Waals surface area contributed by atoms with E-state index in [0.29, 0.717) is 44.7 Å². The smallest absolute Gasteiger partial charge is 0.401 e. The largest absolute Gasteiger partial charge is 0.478 e. The van der Waals surface area contributed by atoms with E-state index in [9.17, 15) is 18.0 Å². The van der Waals surface area contributed by atoms with Crippen molar-refractivity contribution in [3.63, 3.8) is 0 Å². The van der Waals surface area contributed by atoms with Crippen LogP contribution in [0.3, 0.4) is 0 Å². The molecule has 0 aromatic carbocycles. The molecule has 0 radical (unpaired) electrons. The van der Waals surface area contributed by atoms with Crippen molar-refractivity contribution in [2.45, 2.75) is 19.5 Å². The zero-order chi connectivity index (χ0) is 14.5. The van der Waals surface area contributed by atoms with Gasteiger partial charge < -0.3 is 5.11 Å². The van der Waals surface area contributed by atoms with E-state index in [2.05, 4.69) is 0 Å². The molecule has 1 saturated heterocycles. The molecule has 1 heterocycles. The second-order valence-electron chi connectivity index (χ2n) is 4.58. The number of hydrogen-bond donors (Lipinski definition) is 1. The minimum Gasteiger partial charge on any atom is -0.478 e. The Morgan fingerprint density at radius 1 is 1.21 bits per heavy atom. The summed E-state index contributed by atoms with van der Waals surface area (Å²) in [7, 11) is 0. The van der Waals surface area contributed by atoms with Gasteiger partial charge >= 0.3 is 12.1 Å². The number of alkyl halides is 3. The predicted octanol–water partition coefficient (Wildman–Crippen LogP) is 1.59. The van der Waals surface area contributed by atoms with E-state index >= 15 is 0 Å². The second kappa shape index (κ2) is 6.91. The van der Waals surface area contributed by atoms with Crippen LogP contribution in [0.1, 0.15) is 13.3 Å². The van der Waals surface area contributed by atoms with Crippen molar-refractivity contribution in [3.05, 3.63) is 11.6 Å². The number of aliphatic carboxylic acids is 1. The van der Waals surface area contributed by atoms with E-state index in [0.717, 1.165) is 0 Å². The first-order valence-electron chi connectivity index (χ1n) is 6.25.